The summed E-state index contributed by atoms with van der Waals surface area (Å²) in [4.78, 5) is 11.5. The number of para-hydroxylation sites is 1. The third-order valence-corrected chi connectivity index (χ3v) is 6.12. The molecule has 0 N–H and O–H groups in total. The Morgan fingerprint density at radius 2 is 1.87 bits per heavy atom. The number of fused-ring (bicyclic) bond motifs is 3. The first-order valence-electron chi connectivity index (χ1n) is 10.3. The second-order valence-corrected chi connectivity index (χ2v) is 8.26. The molecule has 5 aromatic rings. The normalized spacial score (nSPS) is 13.7. The van der Waals surface area contributed by atoms with E-state index in [2.05, 4.69) is 45.4 Å². The highest BCUT2D eigenvalue weighted by molar-refractivity contribution is 6.29. The van der Waals surface area contributed by atoms with Crippen molar-refractivity contribution in [1.82, 2.24) is 24.6 Å². The van der Waals surface area contributed by atoms with Gasteiger partial charge in [-0.3, -0.25) is 4.98 Å². The van der Waals surface area contributed by atoms with E-state index in [9.17, 15) is 0 Å². The summed E-state index contributed by atoms with van der Waals surface area (Å²) in [5.41, 5.74) is 5.31. The van der Waals surface area contributed by atoms with Crippen LogP contribution >= 0.6 is 11.6 Å². The van der Waals surface area contributed by atoms with Gasteiger partial charge in [0, 0.05) is 29.9 Å². The van der Waals surface area contributed by atoms with Gasteiger partial charge in [0.2, 0.25) is 5.28 Å². The van der Waals surface area contributed by atoms with E-state index >= 15 is 0 Å². The predicted octanol–water partition coefficient (Wildman–Crippen LogP) is 5.64. The van der Waals surface area contributed by atoms with E-state index in [0.717, 1.165) is 33.7 Å². The number of benzene rings is 2. The van der Waals surface area contributed by atoms with Crippen LogP contribution < -0.4 is 4.90 Å². The van der Waals surface area contributed by atoms with E-state index in [1.165, 1.54) is 18.4 Å². The third-order valence-electron chi connectivity index (χ3n) is 5.88. The molecule has 0 saturated heterocycles. The van der Waals surface area contributed by atoms with Crippen molar-refractivity contribution in [3.05, 3.63) is 77.7 Å². The largest absolute Gasteiger partial charge is 0.329 e. The van der Waals surface area contributed by atoms with E-state index in [0.29, 0.717) is 17.0 Å². The Morgan fingerprint density at radius 1 is 1.00 bits per heavy atom. The molecule has 2 aromatic carbocycles. The van der Waals surface area contributed by atoms with Crippen LogP contribution in [0.3, 0.4) is 0 Å². The number of halogens is 1. The van der Waals surface area contributed by atoms with Gasteiger partial charge in [-0.05, 0) is 66.3 Å². The summed E-state index contributed by atoms with van der Waals surface area (Å²) in [7, 11) is 2.01. The average Bonchev–Trinajstić information content (AvgIpc) is 3.61. The predicted molar refractivity (Wildman–Crippen MR) is 123 cm³/mol. The van der Waals surface area contributed by atoms with Gasteiger partial charge < -0.3 is 4.90 Å². The van der Waals surface area contributed by atoms with Crippen molar-refractivity contribution in [1.29, 1.82) is 0 Å². The van der Waals surface area contributed by atoms with Crippen molar-refractivity contribution in [2.24, 2.45) is 0 Å². The van der Waals surface area contributed by atoms with E-state index in [1.54, 1.807) is 4.40 Å². The molecule has 0 radical (unpaired) electrons. The van der Waals surface area contributed by atoms with Gasteiger partial charge in [0.05, 0.1) is 11.2 Å². The number of anilines is 2. The Kier molecular flexibility index (Phi) is 4.14. The Bertz CT molecular complexity index is 1420. The first-order chi connectivity index (χ1) is 15.2. The molecule has 0 aliphatic heterocycles. The van der Waals surface area contributed by atoms with Gasteiger partial charge >= 0.3 is 0 Å². The molecule has 0 unspecified atom stereocenters. The van der Waals surface area contributed by atoms with Gasteiger partial charge in [-0.25, -0.2) is 4.40 Å². The van der Waals surface area contributed by atoms with Crippen molar-refractivity contribution in [2.45, 2.75) is 18.8 Å². The lowest BCUT2D eigenvalue weighted by Crippen LogP contribution is -2.13. The molecule has 1 aliphatic carbocycles. The molecule has 0 atom stereocenters. The molecule has 6 rings (SSSR count). The maximum absolute atomic E-state index is 6.25. The van der Waals surface area contributed by atoms with E-state index in [4.69, 9.17) is 21.6 Å². The number of nitrogens with zero attached hydrogens (tertiary/aromatic N) is 6. The summed E-state index contributed by atoms with van der Waals surface area (Å²) in [5.74, 6) is 1.97. The molecular formula is C24H19ClN6. The van der Waals surface area contributed by atoms with Gasteiger partial charge in [0.1, 0.15) is 5.82 Å². The van der Waals surface area contributed by atoms with Crippen LogP contribution in [0.1, 0.15) is 24.3 Å². The van der Waals surface area contributed by atoms with Crippen molar-refractivity contribution in [2.75, 3.05) is 11.9 Å². The maximum atomic E-state index is 6.25. The van der Waals surface area contributed by atoms with E-state index in [1.807, 2.05) is 43.6 Å². The molecule has 1 fully saturated rings. The topological polar surface area (TPSA) is 59.2 Å². The lowest BCUT2D eigenvalue weighted by molar-refractivity contribution is 1.08. The molecule has 3 heterocycles. The van der Waals surface area contributed by atoms with Crippen LogP contribution in [0, 0.1) is 0 Å². The van der Waals surface area contributed by atoms with Crippen LogP contribution in [0.5, 0.6) is 0 Å². The highest BCUT2D eigenvalue weighted by atomic mass is 35.5. The Morgan fingerprint density at radius 3 is 2.68 bits per heavy atom. The monoisotopic (exact) mass is 426 g/mol. The lowest BCUT2D eigenvalue weighted by Gasteiger charge is -2.21. The fourth-order valence-corrected chi connectivity index (χ4v) is 4.24. The number of hydrogen-bond acceptors (Lipinski definition) is 5. The van der Waals surface area contributed by atoms with Crippen LogP contribution in [0.2, 0.25) is 5.28 Å². The van der Waals surface area contributed by atoms with Gasteiger partial charge in [-0.2, -0.15) is 4.98 Å². The molecule has 152 valence electrons. The maximum Gasteiger partial charge on any atom is 0.258 e. The first kappa shape index (κ1) is 18.3. The van der Waals surface area contributed by atoms with Crippen LogP contribution in [0.4, 0.5) is 11.5 Å². The standard InChI is InChI=1S/C24H19ClN6/c1-30(22-19-7-2-3-8-21(19)31-23(25)28-29-24(31)27-22)18-6-4-5-16(13-18)20-12-11-17(14-26-20)15-9-10-15/h2-8,11-15H,9-10H2,1H3. The third kappa shape index (κ3) is 3.11. The summed E-state index contributed by atoms with van der Waals surface area (Å²) >= 11 is 6.25. The molecule has 31 heavy (non-hydrogen) atoms. The molecule has 6 nitrogen and oxygen atoms in total. The summed E-state index contributed by atoms with van der Waals surface area (Å²) in [6.07, 6.45) is 4.58. The average molecular weight is 427 g/mol. The second-order valence-electron chi connectivity index (χ2n) is 7.92. The van der Waals surface area contributed by atoms with Crippen LogP contribution in [0.15, 0.2) is 66.9 Å². The van der Waals surface area contributed by atoms with Crippen LogP contribution in [-0.2, 0) is 0 Å². The smallest absolute Gasteiger partial charge is 0.258 e. The zero-order valence-corrected chi connectivity index (χ0v) is 17.7. The molecule has 0 spiro atoms. The van der Waals surface area contributed by atoms with Crippen LogP contribution in [0.25, 0.3) is 27.9 Å². The van der Waals surface area contributed by atoms with Crippen LogP contribution in [-0.4, -0.2) is 31.6 Å². The highest BCUT2D eigenvalue weighted by Gasteiger charge is 2.23. The molecule has 1 saturated carbocycles. The Labute approximate surface area is 184 Å². The fourth-order valence-electron chi connectivity index (χ4n) is 4.04. The number of rotatable bonds is 4. The summed E-state index contributed by atoms with van der Waals surface area (Å²) in [6.45, 7) is 0. The fraction of sp³-hybridized carbons (Fsp3) is 0.167. The summed E-state index contributed by atoms with van der Waals surface area (Å²) in [5, 5.41) is 9.39. The molecule has 3 aromatic heterocycles. The van der Waals surface area contributed by atoms with E-state index < -0.39 is 0 Å². The van der Waals surface area contributed by atoms with Gasteiger partial charge in [0.25, 0.3) is 5.78 Å². The second kappa shape index (κ2) is 7.03. The summed E-state index contributed by atoms with van der Waals surface area (Å²) in [6, 6.07) is 20.7. The SMILES string of the molecule is CN(c1cccc(-c2ccc(C3CC3)cn2)c1)c1nc2nnc(Cl)n2c2ccccc12. The molecular weight excluding hydrogens is 408 g/mol. The first-order valence-corrected chi connectivity index (χ1v) is 10.7. The van der Waals surface area contributed by atoms with Gasteiger partial charge in [-0.15, -0.1) is 10.2 Å². The zero-order valence-electron chi connectivity index (χ0n) is 16.9. The molecule has 7 heteroatoms. The number of pyridine rings is 1. The number of hydrogen-bond donors (Lipinski definition) is 0. The quantitative estimate of drug-likeness (QED) is 0.372. The van der Waals surface area contributed by atoms with Gasteiger partial charge in [-0.1, -0.05) is 30.3 Å². The van der Waals surface area contributed by atoms with E-state index in [-0.39, 0.29) is 0 Å². The lowest BCUT2D eigenvalue weighted by atomic mass is 10.1. The highest BCUT2D eigenvalue weighted by Crippen LogP contribution is 2.40. The minimum atomic E-state index is 0.301. The molecule has 1 aliphatic rings. The van der Waals surface area contributed by atoms with Crippen molar-refractivity contribution >= 4 is 39.8 Å². The molecule has 0 amide bonds. The minimum Gasteiger partial charge on any atom is -0.329 e. The van der Waals surface area contributed by atoms with Crippen molar-refractivity contribution in [3.63, 3.8) is 0 Å². The number of aromatic nitrogens is 5. The molecule has 0 bridgehead atoms. The zero-order chi connectivity index (χ0) is 20.9. The Balaban J connectivity index is 1.43. The van der Waals surface area contributed by atoms with Gasteiger partial charge in [0.15, 0.2) is 0 Å². The minimum absolute atomic E-state index is 0.301. The van der Waals surface area contributed by atoms with Crippen molar-refractivity contribution < 1.29 is 0 Å². The van der Waals surface area contributed by atoms with Crippen molar-refractivity contribution in [3.8, 4) is 11.3 Å². The summed E-state index contributed by atoms with van der Waals surface area (Å²) < 4.78 is 1.76. The Hall–Kier alpha value is -3.51.